The highest BCUT2D eigenvalue weighted by atomic mass is 16.5. The summed E-state index contributed by atoms with van der Waals surface area (Å²) in [5.41, 5.74) is 0.859. The maximum Gasteiger partial charge on any atom is 0.407 e. The fraction of sp³-hybridized carbons (Fsp3) is 0.611. The first-order valence-electron chi connectivity index (χ1n) is 8.01. The highest BCUT2D eigenvalue weighted by molar-refractivity contribution is 5.68. The van der Waals surface area contributed by atoms with Gasteiger partial charge in [-0.1, -0.05) is 51.1 Å². The number of alkyl carbamates (subject to hydrolysis) is 1. The molecule has 22 heavy (non-hydrogen) atoms. The molecule has 1 aromatic rings. The van der Waals surface area contributed by atoms with Crippen molar-refractivity contribution in [3.05, 3.63) is 35.9 Å². The van der Waals surface area contributed by atoms with E-state index in [-0.39, 0.29) is 23.5 Å². The number of rotatable bonds is 3. The quantitative estimate of drug-likeness (QED) is 0.902. The van der Waals surface area contributed by atoms with Crippen LogP contribution in [0.1, 0.15) is 39.2 Å². The van der Waals surface area contributed by atoms with Crippen LogP contribution in [0.15, 0.2) is 30.3 Å². The first-order valence-corrected chi connectivity index (χ1v) is 8.01. The molecule has 2 aliphatic carbocycles. The molecule has 2 saturated carbocycles. The standard InChI is InChI=1S/C18H25NO3/c1-17(2)13-9-10-18(17,3)15(20)14(13)19-16(21)22-11-12-7-5-4-6-8-12/h4-8,13-15,20H,9-11H2,1-3H3,(H,19,21)/t13?,14-,15-,18?/m1/s1. The Bertz CT molecular complexity index is 557. The maximum atomic E-state index is 12.1. The van der Waals surface area contributed by atoms with Crippen LogP contribution in [0, 0.1) is 16.7 Å². The predicted octanol–water partition coefficient (Wildman–Crippen LogP) is 3.10. The summed E-state index contributed by atoms with van der Waals surface area (Å²) < 4.78 is 5.29. The van der Waals surface area contributed by atoms with E-state index in [0.717, 1.165) is 18.4 Å². The molecule has 2 unspecified atom stereocenters. The second-order valence-electron chi connectivity index (χ2n) is 7.46. The topological polar surface area (TPSA) is 58.6 Å². The molecule has 0 radical (unpaired) electrons. The van der Waals surface area contributed by atoms with E-state index in [0.29, 0.717) is 5.92 Å². The van der Waals surface area contributed by atoms with Gasteiger partial charge in [0, 0.05) is 5.41 Å². The second-order valence-corrected chi connectivity index (χ2v) is 7.46. The van der Waals surface area contributed by atoms with E-state index in [4.69, 9.17) is 4.74 Å². The molecule has 1 amide bonds. The third kappa shape index (κ3) is 2.21. The number of carbonyl (C=O) groups is 1. The zero-order chi connectivity index (χ0) is 16.0. The van der Waals surface area contributed by atoms with Gasteiger partial charge in [0.05, 0.1) is 12.1 Å². The predicted molar refractivity (Wildman–Crippen MR) is 84.2 cm³/mol. The normalized spacial score (nSPS) is 35.4. The molecule has 2 fully saturated rings. The Balaban J connectivity index is 1.61. The monoisotopic (exact) mass is 303 g/mol. The molecule has 0 heterocycles. The molecule has 120 valence electrons. The van der Waals surface area contributed by atoms with Crippen LogP contribution in [0.2, 0.25) is 0 Å². The summed E-state index contributed by atoms with van der Waals surface area (Å²) in [4.78, 5) is 12.1. The fourth-order valence-electron chi connectivity index (χ4n) is 4.42. The minimum atomic E-state index is -0.509. The molecule has 0 aromatic heterocycles. The van der Waals surface area contributed by atoms with Gasteiger partial charge < -0.3 is 15.2 Å². The lowest BCUT2D eigenvalue weighted by Gasteiger charge is -2.37. The van der Waals surface area contributed by atoms with Crippen molar-refractivity contribution in [2.24, 2.45) is 16.7 Å². The molecule has 1 aromatic carbocycles. The minimum absolute atomic E-state index is 0.0315. The molecule has 0 aliphatic heterocycles. The van der Waals surface area contributed by atoms with Crippen LogP contribution in [0.4, 0.5) is 4.79 Å². The van der Waals surface area contributed by atoms with Crippen LogP contribution >= 0.6 is 0 Å². The van der Waals surface area contributed by atoms with Gasteiger partial charge in [0.1, 0.15) is 6.61 Å². The van der Waals surface area contributed by atoms with E-state index in [1.165, 1.54) is 0 Å². The van der Waals surface area contributed by atoms with Gasteiger partial charge in [-0.05, 0) is 29.7 Å². The molecule has 0 saturated heterocycles. The third-order valence-electron chi connectivity index (χ3n) is 6.30. The van der Waals surface area contributed by atoms with E-state index in [1.807, 2.05) is 30.3 Å². The number of aliphatic hydroxyl groups is 1. The molecular weight excluding hydrogens is 278 g/mol. The summed E-state index contributed by atoms with van der Waals surface area (Å²) in [5, 5.41) is 13.5. The fourth-order valence-corrected chi connectivity index (χ4v) is 4.42. The van der Waals surface area contributed by atoms with Crippen molar-refractivity contribution < 1.29 is 14.6 Å². The van der Waals surface area contributed by atoms with Crippen LogP contribution in [-0.2, 0) is 11.3 Å². The molecule has 3 rings (SSSR count). The van der Waals surface area contributed by atoms with Crippen LogP contribution in [0.3, 0.4) is 0 Å². The second kappa shape index (κ2) is 5.27. The molecule has 2 aliphatic rings. The Morgan fingerprint density at radius 1 is 1.32 bits per heavy atom. The number of nitrogens with one attached hydrogen (secondary N) is 1. The maximum absolute atomic E-state index is 12.1. The molecule has 4 heteroatoms. The average molecular weight is 303 g/mol. The Morgan fingerprint density at radius 2 is 2.00 bits per heavy atom. The van der Waals surface area contributed by atoms with Gasteiger partial charge in [0.25, 0.3) is 0 Å². The molecule has 2 N–H and O–H groups in total. The van der Waals surface area contributed by atoms with E-state index < -0.39 is 12.2 Å². The van der Waals surface area contributed by atoms with Crippen molar-refractivity contribution in [1.82, 2.24) is 5.32 Å². The first-order chi connectivity index (χ1) is 10.4. The van der Waals surface area contributed by atoms with Crippen LogP contribution in [0.5, 0.6) is 0 Å². The third-order valence-corrected chi connectivity index (χ3v) is 6.30. The van der Waals surface area contributed by atoms with Crippen molar-refractivity contribution in [3.8, 4) is 0 Å². The Hall–Kier alpha value is -1.55. The van der Waals surface area contributed by atoms with E-state index in [1.54, 1.807) is 0 Å². The first kappa shape index (κ1) is 15.3. The van der Waals surface area contributed by atoms with Gasteiger partial charge in [-0.25, -0.2) is 4.79 Å². The number of hydrogen-bond donors (Lipinski definition) is 2. The summed E-state index contributed by atoms with van der Waals surface area (Å²) >= 11 is 0. The van der Waals surface area contributed by atoms with Gasteiger partial charge in [-0.3, -0.25) is 0 Å². The van der Waals surface area contributed by atoms with E-state index in [2.05, 4.69) is 26.1 Å². The Labute approximate surface area is 131 Å². The summed E-state index contributed by atoms with van der Waals surface area (Å²) in [7, 11) is 0. The molecule has 4 nitrogen and oxygen atoms in total. The van der Waals surface area contributed by atoms with Gasteiger partial charge in [0.15, 0.2) is 0 Å². The molecule has 2 bridgehead atoms. The van der Waals surface area contributed by atoms with Crippen molar-refractivity contribution in [3.63, 3.8) is 0 Å². The molecule has 4 atom stereocenters. The summed E-state index contributed by atoms with van der Waals surface area (Å²) in [5.74, 6) is 0.303. The van der Waals surface area contributed by atoms with Gasteiger partial charge in [-0.2, -0.15) is 0 Å². The van der Waals surface area contributed by atoms with Crippen molar-refractivity contribution in [1.29, 1.82) is 0 Å². The number of carbonyl (C=O) groups excluding carboxylic acids is 1. The van der Waals surface area contributed by atoms with Crippen LogP contribution in [-0.4, -0.2) is 23.3 Å². The summed E-state index contributed by atoms with van der Waals surface area (Å²) in [6, 6.07) is 9.39. The van der Waals surface area contributed by atoms with Crippen molar-refractivity contribution in [2.45, 2.75) is 52.4 Å². The average Bonchev–Trinajstić information content (AvgIpc) is 2.80. The lowest BCUT2D eigenvalue weighted by atomic mass is 9.70. The highest BCUT2D eigenvalue weighted by Crippen LogP contribution is 2.65. The zero-order valence-corrected chi connectivity index (χ0v) is 13.5. The lowest BCUT2D eigenvalue weighted by Crippen LogP contribution is -2.49. The Kier molecular flexibility index (Phi) is 3.68. The summed E-state index contributed by atoms with van der Waals surface area (Å²) in [6.07, 6.45) is 1.11. The van der Waals surface area contributed by atoms with Crippen LogP contribution in [0.25, 0.3) is 0 Å². The number of amides is 1. The van der Waals surface area contributed by atoms with Crippen LogP contribution < -0.4 is 5.32 Å². The smallest absolute Gasteiger partial charge is 0.407 e. The van der Waals surface area contributed by atoms with E-state index in [9.17, 15) is 9.90 Å². The zero-order valence-electron chi connectivity index (χ0n) is 13.5. The van der Waals surface area contributed by atoms with Gasteiger partial charge in [0.2, 0.25) is 0 Å². The number of hydrogen-bond acceptors (Lipinski definition) is 3. The number of benzene rings is 1. The number of fused-ring (bicyclic) bond motifs is 2. The number of aliphatic hydroxyl groups excluding tert-OH is 1. The minimum Gasteiger partial charge on any atom is -0.445 e. The SMILES string of the molecule is CC1(C)C2CCC1(C)[C@H](O)[C@@H]2NC(=O)OCc1ccccc1. The summed E-state index contributed by atoms with van der Waals surface area (Å²) in [6.45, 7) is 6.78. The molecular formula is C18H25NO3. The van der Waals surface area contributed by atoms with E-state index >= 15 is 0 Å². The van der Waals surface area contributed by atoms with Crippen molar-refractivity contribution in [2.75, 3.05) is 0 Å². The van der Waals surface area contributed by atoms with Gasteiger partial charge >= 0.3 is 6.09 Å². The van der Waals surface area contributed by atoms with Crippen molar-refractivity contribution >= 4 is 6.09 Å². The Morgan fingerprint density at radius 3 is 2.59 bits per heavy atom. The number of ether oxygens (including phenoxy) is 1. The molecule has 0 spiro atoms. The highest BCUT2D eigenvalue weighted by Gasteiger charge is 2.66. The van der Waals surface area contributed by atoms with Gasteiger partial charge in [-0.15, -0.1) is 0 Å². The largest absolute Gasteiger partial charge is 0.445 e. The lowest BCUT2D eigenvalue weighted by molar-refractivity contribution is -0.000402.